The summed E-state index contributed by atoms with van der Waals surface area (Å²) < 4.78 is 22.4. The number of benzene rings is 1. The Kier molecular flexibility index (Phi) is 9.29. The number of likely N-dealkylation sites (tertiary alicyclic amines) is 1. The Morgan fingerprint density at radius 2 is 1.68 bits per heavy atom. The molecule has 8 nitrogen and oxygen atoms in total. The molecule has 2 fully saturated rings. The first kappa shape index (κ1) is 27.2. The average Bonchev–Trinajstić information content (AvgIpc) is 3.36. The highest BCUT2D eigenvalue weighted by Gasteiger charge is 2.40. The molecule has 0 unspecified atom stereocenters. The van der Waals surface area contributed by atoms with Crippen LogP contribution in [-0.4, -0.2) is 55.7 Å². The number of nitrogens with zero attached hydrogens (tertiary/aromatic N) is 2. The fourth-order valence-electron chi connectivity index (χ4n) is 5.68. The van der Waals surface area contributed by atoms with Crippen LogP contribution >= 0.6 is 11.3 Å². The Labute approximate surface area is 223 Å². The molecular weight excluding hydrogens is 492 g/mol. The van der Waals surface area contributed by atoms with Crippen molar-refractivity contribution >= 4 is 23.2 Å². The Morgan fingerprint density at radius 3 is 2.27 bits per heavy atom. The number of amides is 1. The Bertz CT molecular complexity index is 1060. The number of carbonyl (C=O) groups excluding carboxylic acids is 2. The minimum atomic E-state index is -0.581. The lowest BCUT2D eigenvalue weighted by Gasteiger charge is -2.39. The maximum atomic E-state index is 14.4. The zero-order valence-electron chi connectivity index (χ0n) is 22.3. The van der Waals surface area contributed by atoms with Crippen LogP contribution in [0.15, 0.2) is 17.6 Å². The van der Waals surface area contributed by atoms with Crippen LogP contribution in [0.1, 0.15) is 73.4 Å². The topological polar surface area (TPSA) is 87.2 Å². The van der Waals surface area contributed by atoms with E-state index in [1.54, 1.807) is 31.7 Å². The second-order valence-electron chi connectivity index (χ2n) is 9.85. The van der Waals surface area contributed by atoms with Crippen LogP contribution < -0.4 is 14.2 Å². The van der Waals surface area contributed by atoms with Gasteiger partial charge >= 0.3 is 5.97 Å². The number of carbonyl (C=O) groups is 2. The van der Waals surface area contributed by atoms with Crippen molar-refractivity contribution < 1.29 is 28.5 Å². The first-order valence-corrected chi connectivity index (χ1v) is 14.0. The van der Waals surface area contributed by atoms with Crippen LogP contribution in [0.3, 0.4) is 0 Å². The standard InChI is InChI=1S/C28H38N2O6S/c1-18-24(37-17-29-18)16-36-28(32)21-12-8-9-13-30(21)27(31)25(19-10-6-5-7-11-19)20-14-22(33-2)26(35-4)23(15-20)34-3/h14-15,17,19,21,25H,5-13,16H2,1-4H3/t21-,25-/m0/s1. The summed E-state index contributed by atoms with van der Waals surface area (Å²) in [6.45, 7) is 2.64. The summed E-state index contributed by atoms with van der Waals surface area (Å²) >= 11 is 1.47. The first-order chi connectivity index (χ1) is 18.0. The first-order valence-electron chi connectivity index (χ1n) is 13.1. The van der Waals surface area contributed by atoms with Crippen molar-refractivity contribution in [2.45, 2.75) is 76.9 Å². The maximum Gasteiger partial charge on any atom is 0.329 e. The molecule has 2 heterocycles. The van der Waals surface area contributed by atoms with E-state index in [1.165, 1.54) is 17.8 Å². The fourth-order valence-corrected chi connectivity index (χ4v) is 6.37. The van der Waals surface area contributed by atoms with Gasteiger partial charge in [0.1, 0.15) is 12.6 Å². The molecule has 1 saturated heterocycles. The van der Waals surface area contributed by atoms with Gasteiger partial charge in [-0.15, -0.1) is 11.3 Å². The lowest BCUT2D eigenvalue weighted by Crippen LogP contribution is -2.51. The number of ether oxygens (including phenoxy) is 4. The van der Waals surface area contributed by atoms with Gasteiger partial charge in [0.2, 0.25) is 11.7 Å². The van der Waals surface area contributed by atoms with Gasteiger partial charge in [0, 0.05) is 6.54 Å². The molecule has 202 valence electrons. The van der Waals surface area contributed by atoms with E-state index in [0.717, 1.165) is 54.7 Å². The summed E-state index contributed by atoms with van der Waals surface area (Å²) in [4.78, 5) is 34.5. The van der Waals surface area contributed by atoms with Crippen molar-refractivity contribution in [3.63, 3.8) is 0 Å². The van der Waals surface area contributed by atoms with Crippen molar-refractivity contribution in [3.8, 4) is 17.2 Å². The summed E-state index contributed by atoms with van der Waals surface area (Å²) in [7, 11) is 4.74. The van der Waals surface area contributed by atoms with Crippen molar-refractivity contribution in [1.82, 2.24) is 9.88 Å². The lowest BCUT2D eigenvalue weighted by atomic mass is 9.75. The predicted octanol–water partition coefficient (Wildman–Crippen LogP) is 5.27. The molecule has 9 heteroatoms. The highest BCUT2D eigenvalue weighted by atomic mass is 32.1. The molecule has 1 aromatic heterocycles. The van der Waals surface area contributed by atoms with E-state index in [0.29, 0.717) is 30.2 Å². The minimum Gasteiger partial charge on any atom is -0.493 e. The normalized spacial score (nSPS) is 19.2. The molecule has 1 amide bonds. The van der Waals surface area contributed by atoms with E-state index in [-0.39, 0.29) is 24.4 Å². The second kappa shape index (κ2) is 12.6. The van der Waals surface area contributed by atoms with Crippen LogP contribution in [0.2, 0.25) is 0 Å². The molecule has 1 aromatic carbocycles. The third-order valence-electron chi connectivity index (χ3n) is 7.68. The van der Waals surface area contributed by atoms with Crippen LogP contribution in [0.4, 0.5) is 0 Å². The monoisotopic (exact) mass is 530 g/mol. The minimum absolute atomic E-state index is 0.0169. The van der Waals surface area contributed by atoms with Gasteiger partial charge in [0.25, 0.3) is 0 Å². The van der Waals surface area contributed by atoms with E-state index in [2.05, 4.69) is 4.98 Å². The number of esters is 1. The van der Waals surface area contributed by atoms with Gasteiger partial charge in [-0.05, 0) is 62.6 Å². The third-order valence-corrected chi connectivity index (χ3v) is 8.59. The molecule has 0 bridgehead atoms. The van der Waals surface area contributed by atoms with Crippen molar-refractivity contribution in [2.24, 2.45) is 5.92 Å². The zero-order valence-corrected chi connectivity index (χ0v) is 23.1. The Hall–Kier alpha value is -2.81. The number of aryl methyl sites for hydroxylation is 1. The smallest absolute Gasteiger partial charge is 0.329 e. The van der Waals surface area contributed by atoms with Gasteiger partial charge in [0.15, 0.2) is 11.5 Å². The van der Waals surface area contributed by atoms with E-state index in [4.69, 9.17) is 18.9 Å². The van der Waals surface area contributed by atoms with Gasteiger partial charge in [-0.25, -0.2) is 9.78 Å². The van der Waals surface area contributed by atoms with Crippen LogP contribution in [0.25, 0.3) is 0 Å². The molecule has 0 spiro atoms. The molecule has 1 saturated carbocycles. The van der Waals surface area contributed by atoms with Crippen LogP contribution in [0, 0.1) is 12.8 Å². The molecule has 0 radical (unpaired) electrons. The number of thiazole rings is 1. The number of hydrogen-bond acceptors (Lipinski definition) is 8. The highest BCUT2D eigenvalue weighted by Crippen LogP contribution is 2.45. The summed E-state index contributed by atoms with van der Waals surface area (Å²) in [5.41, 5.74) is 3.46. The van der Waals surface area contributed by atoms with Gasteiger partial charge in [-0.3, -0.25) is 4.79 Å². The summed E-state index contributed by atoms with van der Waals surface area (Å²) in [6.07, 6.45) is 7.69. The molecule has 2 aliphatic rings. The number of methoxy groups -OCH3 is 3. The summed E-state index contributed by atoms with van der Waals surface area (Å²) in [5.74, 6) is 0.986. The largest absolute Gasteiger partial charge is 0.493 e. The maximum absolute atomic E-state index is 14.4. The van der Waals surface area contributed by atoms with E-state index < -0.39 is 12.0 Å². The molecule has 0 N–H and O–H groups in total. The molecule has 1 aliphatic heterocycles. The second-order valence-corrected chi connectivity index (χ2v) is 10.8. The van der Waals surface area contributed by atoms with Crippen molar-refractivity contribution in [2.75, 3.05) is 27.9 Å². The zero-order chi connectivity index (χ0) is 26.4. The molecule has 2 atom stereocenters. The number of aromatic nitrogens is 1. The summed E-state index contributed by atoms with van der Waals surface area (Å²) in [6, 6.07) is 3.20. The van der Waals surface area contributed by atoms with Gasteiger partial charge in [0.05, 0.1) is 43.3 Å². The quantitative estimate of drug-likeness (QED) is 0.409. The summed E-state index contributed by atoms with van der Waals surface area (Å²) in [5, 5.41) is 0. The van der Waals surface area contributed by atoms with E-state index in [9.17, 15) is 9.59 Å². The average molecular weight is 531 g/mol. The Balaban J connectivity index is 1.64. The third kappa shape index (κ3) is 6.03. The van der Waals surface area contributed by atoms with Gasteiger partial charge in [-0.2, -0.15) is 0 Å². The fraction of sp³-hybridized carbons (Fsp3) is 0.607. The van der Waals surface area contributed by atoms with Gasteiger partial charge < -0.3 is 23.8 Å². The van der Waals surface area contributed by atoms with Crippen molar-refractivity contribution in [1.29, 1.82) is 0 Å². The molecule has 1 aliphatic carbocycles. The van der Waals surface area contributed by atoms with Crippen LogP contribution in [0.5, 0.6) is 17.2 Å². The molecular formula is C28H38N2O6S. The predicted molar refractivity (Wildman–Crippen MR) is 141 cm³/mol. The number of rotatable bonds is 9. The number of piperidine rings is 1. The van der Waals surface area contributed by atoms with E-state index >= 15 is 0 Å². The lowest BCUT2D eigenvalue weighted by molar-refractivity contribution is -0.159. The van der Waals surface area contributed by atoms with Crippen LogP contribution in [-0.2, 0) is 20.9 Å². The van der Waals surface area contributed by atoms with Gasteiger partial charge in [-0.1, -0.05) is 19.3 Å². The number of hydrogen-bond donors (Lipinski definition) is 0. The van der Waals surface area contributed by atoms with E-state index in [1.807, 2.05) is 19.1 Å². The molecule has 2 aromatic rings. The molecule has 37 heavy (non-hydrogen) atoms. The Morgan fingerprint density at radius 1 is 1.00 bits per heavy atom. The molecule has 4 rings (SSSR count). The van der Waals surface area contributed by atoms with Crippen molar-refractivity contribution in [3.05, 3.63) is 33.8 Å². The highest BCUT2D eigenvalue weighted by molar-refractivity contribution is 7.09. The SMILES string of the molecule is COc1cc([C@@H](C(=O)N2CCCC[C@H]2C(=O)OCc2scnc2C)C2CCCCC2)cc(OC)c1OC.